The van der Waals surface area contributed by atoms with Gasteiger partial charge in [-0.3, -0.25) is 0 Å². The van der Waals surface area contributed by atoms with Crippen LogP contribution < -0.4 is 9.62 Å². The van der Waals surface area contributed by atoms with E-state index in [0.29, 0.717) is 5.92 Å². The second-order valence-corrected chi connectivity index (χ2v) is 7.83. The van der Waals surface area contributed by atoms with Gasteiger partial charge >= 0.3 is 12.5 Å². The molecule has 0 bridgehead atoms. The number of rotatable bonds is 8. The van der Waals surface area contributed by atoms with E-state index in [9.17, 15) is 22.0 Å². The summed E-state index contributed by atoms with van der Waals surface area (Å²) in [5.41, 5.74) is 0.670. The molecule has 0 unspecified atom stereocenters. The van der Waals surface area contributed by atoms with Crippen molar-refractivity contribution in [2.24, 2.45) is 5.92 Å². The van der Waals surface area contributed by atoms with Gasteiger partial charge in [-0.15, -0.1) is 18.1 Å². The SMILES string of the molecule is CCCC1CCC(c2ccc(C(F)(F)OOc3ccc(OC(F)(F)F)cc3)cc2)CC1. The molecule has 0 saturated heterocycles. The lowest BCUT2D eigenvalue weighted by Gasteiger charge is -2.28. The minimum atomic E-state index is -4.84. The topological polar surface area (TPSA) is 27.7 Å². The number of hydrogen-bond donors (Lipinski definition) is 0. The standard InChI is InChI=1S/C23H25F5O3/c1-2-3-16-4-6-17(7-5-16)18-8-10-19(11-9-18)22(24,25)31-30-21-14-12-20(13-15-21)29-23(26,27)28/h8-17H,2-7H2,1H3. The fraction of sp³-hybridized carbons (Fsp3) is 0.478. The predicted octanol–water partition coefficient (Wildman–Crippen LogP) is 7.72. The van der Waals surface area contributed by atoms with Crippen molar-refractivity contribution in [1.82, 2.24) is 0 Å². The van der Waals surface area contributed by atoms with Gasteiger partial charge in [0.2, 0.25) is 0 Å². The Balaban J connectivity index is 1.54. The molecule has 0 atom stereocenters. The van der Waals surface area contributed by atoms with Gasteiger partial charge in [-0.1, -0.05) is 31.9 Å². The zero-order valence-corrected chi connectivity index (χ0v) is 17.1. The zero-order valence-electron chi connectivity index (χ0n) is 17.1. The summed E-state index contributed by atoms with van der Waals surface area (Å²) >= 11 is 0. The predicted molar refractivity (Wildman–Crippen MR) is 105 cm³/mol. The highest BCUT2D eigenvalue weighted by Crippen LogP contribution is 2.38. The van der Waals surface area contributed by atoms with Crippen molar-refractivity contribution in [2.75, 3.05) is 0 Å². The minimum Gasteiger partial charge on any atom is -0.406 e. The van der Waals surface area contributed by atoms with E-state index in [1.165, 1.54) is 37.8 Å². The Morgan fingerprint density at radius 3 is 1.94 bits per heavy atom. The van der Waals surface area contributed by atoms with Gasteiger partial charge in [0.1, 0.15) is 5.75 Å². The van der Waals surface area contributed by atoms with Crippen LogP contribution in [0, 0.1) is 5.92 Å². The van der Waals surface area contributed by atoms with Gasteiger partial charge in [0.05, 0.1) is 5.56 Å². The van der Waals surface area contributed by atoms with E-state index in [2.05, 4.69) is 21.4 Å². The molecule has 1 saturated carbocycles. The van der Waals surface area contributed by atoms with Crippen molar-refractivity contribution in [3.05, 3.63) is 59.7 Å². The second-order valence-electron chi connectivity index (χ2n) is 7.83. The van der Waals surface area contributed by atoms with Crippen molar-refractivity contribution in [3.8, 4) is 11.5 Å². The molecule has 1 fully saturated rings. The molecule has 0 radical (unpaired) electrons. The molecule has 0 spiro atoms. The highest BCUT2D eigenvalue weighted by molar-refractivity contribution is 5.31. The first kappa shape index (κ1) is 23.3. The smallest absolute Gasteiger partial charge is 0.406 e. The van der Waals surface area contributed by atoms with Crippen molar-refractivity contribution in [2.45, 2.75) is 63.8 Å². The Morgan fingerprint density at radius 2 is 1.39 bits per heavy atom. The highest BCUT2D eigenvalue weighted by Gasteiger charge is 2.36. The van der Waals surface area contributed by atoms with Crippen molar-refractivity contribution in [3.63, 3.8) is 0 Å². The monoisotopic (exact) mass is 444 g/mol. The van der Waals surface area contributed by atoms with Crippen LogP contribution in [0.15, 0.2) is 48.5 Å². The van der Waals surface area contributed by atoms with E-state index in [4.69, 9.17) is 0 Å². The van der Waals surface area contributed by atoms with Crippen molar-refractivity contribution < 1.29 is 36.5 Å². The molecule has 2 aromatic rings. The molecule has 1 aliphatic carbocycles. The van der Waals surface area contributed by atoms with Crippen LogP contribution in [0.5, 0.6) is 11.5 Å². The summed E-state index contributed by atoms with van der Waals surface area (Å²) in [6.45, 7) is 2.19. The van der Waals surface area contributed by atoms with Crippen LogP contribution in [-0.4, -0.2) is 6.36 Å². The first-order valence-electron chi connectivity index (χ1n) is 10.4. The number of ether oxygens (including phenoxy) is 1. The lowest BCUT2D eigenvalue weighted by molar-refractivity contribution is -0.400. The summed E-state index contributed by atoms with van der Waals surface area (Å²) in [6, 6.07) is 9.97. The molecule has 1 aliphatic rings. The molecule has 3 nitrogen and oxygen atoms in total. The summed E-state index contributed by atoms with van der Waals surface area (Å²) in [7, 11) is 0. The third-order valence-electron chi connectivity index (χ3n) is 5.56. The molecule has 170 valence electrons. The molecule has 8 heteroatoms. The molecule has 0 heterocycles. The van der Waals surface area contributed by atoms with Gasteiger partial charge in [0, 0.05) is 0 Å². The van der Waals surface area contributed by atoms with E-state index in [-0.39, 0.29) is 11.3 Å². The maximum Gasteiger partial charge on any atom is 0.573 e. The molecule has 3 rings (SSSR count). The van der Waals surface area contributed by atoms with Crippen LogP contribution in [0.3, 0.4) is 0 Å². The van der Waals surface area contributed by atoms with Crippen LogP contribution in [0.1, 0.15) is 62.5 Å². The molecule has 0 aromatic heterocycles. The molecule has 0 amide bonds. The van der Waals surface area contributed by atoms with Crippen LogP contribution in [-0.2, 0) is 11.0 Å². The zero-order chi connectivity index (χ0) is 22.5. The Labute approximate surface area is 178 Å². The van der Waals surface area contributed by atoms with Gasteiger partial charge in [-0.25, -0.2) is 0 Å². The summed E-state index contributed by atoms with van der Waals surface area (Å²) in [6.07, 6.45) is -1.67. The maximum absolute atomic E-state index is 14.3. The molecular formula is C23H25F5O3. The van der Waals surface area contributed by atoms with E-state index < -0.39 is 18.2 Å². The molecule has 0 N–H and O–H groups in total. The quantitative estimate of drug-likeness (QED) is 0.237. The van der Waals surface area contributed by atoms with Gasteiger partial charge in [0.25, 0.3) is 0 Å². The highest BCUT2D eigenvalue weighted by atomic mass is 19.4. The summed E-state index contributed by atoms with van der Waals surface area (Å²) in [5, 5.41) is 0. The van der Waals surface area contributed by atoms with Gasteiger partial charge in [-0.05, 0) is 79.5 Å². The minimum absolute atomic E-state index is 0.186. The largest absolute Gasteiger partial charge is 0.573 e. The average Bonchev–Trinajstić information content (AvgIpc) is 2.73. The van der Waals surface area contributed by atoms with Crippen molar-refractivity contribution >= 4 is 0 Å². The van der Waals surface area contributed by atoms with E-state index in [1.807, 2.05) is 0 Å². The van der Waals surface area contributed by atoms with E-state index in [0.717, 1.165) is 48.6 Å². The van der Waals surface area contributed by atoms with Crippen molar-refractivity contribution in [1.29, 1.82) is 0 Å². The Hall–Kier alpha value is -2.35. The van der Waals surface area contributed by atoms with Crippen LogP contribution in [0.4, 0.5) is 22.0 Å². The molecule has 2 aromatic carbocycles. The van der Waals surface area contributed by atoms with E-state index in [1.54, 1.807) is 12.1 Å². The van der Waals surface area contributed by atoms with Gasteiger partial charge in [0.15, 0.2) is 5.75 Å². The number of alkyl halides is 5. The van der Waals surface area contributed by atoms with Crippen LogP contribution in [0.2, 0.25) is 0 Å². The Bertz CT molecular complexity index is 811. The number of benzene rings is 2. The summed E-state index contributed by atoms with van der Waals surface area (Å²) < 4.78 is 68.8. The lowest BCUT2D eigenvalue weighted by atomic mass is 9.77. The Morgan fingerprint density at radius 1 is 0.806 bits per heavy atom. The van der Waals surface area contributed by atoms with Crippen LogP contribution in [0.25, 0.3) is 0 Å². The summed E-state index contributed by atoms with van der Waals surface area (Å²) in [5.74, 6) is 0.468. The third-order valence-corrected chi connectivity index (χ3v) is 5.56. The van der Waals surface area contributed by atoms with Crippen LogP contribution >= 0.6 is 0 Å². The molecule has 31 heavy (non-hydrogen) atoms. The van der Waals surface area contributed by atoms with Gasteiger partial charge in [-0.2, -0.15) is 8.78 Å². The number of hydrogen-bond acceptors (Lipinski definition) is 3. The average molecular weight is 444 g/mol. The second kappa shape index (κ2) is 9.85. The molecule has 0 aliphatic heterocycles. The summed E-state index contributed by atoms with van der Waals surface area (Å²) in [4.78, 5) is 8.88. The lowest BCUT2D eigenvalue weighted by Crippen LogP contribution is -2.20. The first-order chi connectivity index (χ1) is 14.7. The number of halogens is 5. The fourth-order valence-electron chi connectivity index (χ4n) is 3.99. The van der Waals surface area contributed by atoms with Gasteiger partial charge < -0.3 is 9.62 Å². The molecular weight excluding hydrogens is 419 g/mol. The normalized spacial score (nSPS) is 19.8. The third kappa shape index (κ3) is 6.82. The Kier molecular flexibility index (Phi) is 7.41. The first-order valence-corrected chi connectivity index (χ1v) is 10.4. The maximum atomic E-state index is 14.3. The fourth-order valence-corrected chi connectivity index (χ4v) is 3.99. The van der Waals surface area contributed by atoms with E-state index >= 15 is 0 Å².